The van der Waals surface area contributed by atoms with E-state index in [-0.39, 0.29) is 5.69 Å². The Morgan fingerprint density at radius 3 is 2.87 bits per heavy atom. The number of hydrogen-bond acceptors (Lipinski definition) is 3. The minimum atomic E-state index is -0.451. The third-order valence-electron chi connectivity index (χ3n) is 1.94. The monoisotopic (exact) mass is 223 g/mol. The summed E-state index contributed by atoms with van der Waals surface area (Å²) in [6.45, 7) is 0. The molecule has 5 nitrogen and oxygen atoms in total. The Kier molecular flexibility index (Phi) is 2.39. The molecule has 0 atom stereocenters. The first-order valence-corrected chi connectivity index (χ1v) is 4.50. The van der Waals surface area contributed by atoms with Gasteiger partial charge in [0.1, 0.15) is 0 Å². The van der Waals surface area contributed by atoms with Crippen molar-refractivity contribution in [2.45, 2.75) is 0 Å². The van der Waals surface area contributed by atoms with Crippen molar-refractivity contribution < 1.29 is 4.92 Å². The number of nitrogens with zero attached hydrogens (tertiary/aromatic N) is 2. The van der Waals surface area contributed by atoms with Gasteiger partial charge in [0.2, 0.25) is 0 Å². The van der Waals surface area contributed by atoms with Crippen molar-refractivity contribution in [3.8, 4) is 11.3 Å². The number of nitro benzene ring substituents is 1. The summed E-state index contributed by atoms with van der Waals surface area (Å²) in [7, 11) is 0. The van der Waals surface area contributed by atoms with Gasteiger partial charge in [0, 0.05) is 17.7 Å². The average molecular weight is 224 g/mol. The lowest BCUT2D eigenvalue weighted by molar-refractivity contribution is -0.384. The molecule has 0 saturated heterocycles. The fourth-order valence-corrected chi connectivity index (χ4v) is 1.45. The Morgan fingerprint density at radius 2 is 2.27 bits per heavy atom. The van der Waals surface area contributed by atoms with Gasteiger partial charge >= 0.3 is 0 Å². The summed E-state index contributed by atoms with van der Waals surface area (Å²) >= 11 is 5.84. The van der Waals surface area contributed by atoms with Gasteiger partial charge in [-0.25, -0.2) is 0 Å². The average Bonchev–Trinajstić information content (AvgIpc) is 2.64. The molecule has 0 aliphatic heterocycles. The van der Waals surface area contributed by atoms with Crippen LogP contribution in [0.3, 0.4) is 0 Å². The summed E-state index contributed by atoms with van der Waals surface area (Å²) in [6, 6.07) is 6.20. The van der Waals surface area contributed by atoms with E-state index in [4.69, 9.17) is 11.6 Å². The highest BCUT2D eigenvalue weighted by Crippen LogP contribution is 2.27. The zero-order valence-electron chi connectivity index (χ0n) is 7.48. The van der Waals surface area contributed by atoms with E-state index in [0.29, 0.717) is 16.3 Å². The van der Waals surface area contributed by atoms with Gasteiger partial charge in [-0.3, -0.25) is 15.2 Å². The third kappa shape index (κ3) is 1.82. The van der Waals surface area contributed by atoms with Crippen LogP contribution in [0, 0.1) is 10.1 Å². The summed E-state index contributed by atoms with van der Waals surface area (Å²) in [5, 5.41) is 17.4. The Hall–Kier alpha value is -1.88. The molecule has 2 rings (SSSR count). The number of benzene rings is 1. The number of H-pyrrole nitrogens is 1. The number of halogens is 1. The number of non-ortho nitro benzene ring substituents is 1. The maximum Gasteiger partial charge on any atom is 0.270 e. The summed E-state index contributed by atoms with van der Waals surface area (Å²) in [4.78, 5) is 10.1. The van der Waals surface area contributed by atoms with Crippen LogP contribution in [-0.2, 0) is 0 Å². The highest BCUT2D eigenvalue weighted by molar-refractivity contribution is 6.32. The molecular formula is C9H6ClN3O2. The quantitative estimate of drug-likeness (QED) is 0.628. The lowest BCUT2D eigenvalue weighted by atomic mass is 10.1. The predicted molar refractivity (Wildman–Crippen MR) is 55.7 cm³/mol. The molecule has 0 radical (unpaired) electrons. The van der Waals surface area contributed by atoms with E-state index in [0.717, 1.165) is 0 Å². The molecule has 0 bridgehead atoms. The summed E-state index contributed by atoms with van der Waals surface area (Å²) < 4.78 is 0. The largest absolute Gasteiger partial charge is 0.276 e. The SMILES string of the molecule is O=[N+]([O-])c1cccc(-c2[nH]ncc2Cl)c1. The Labute approximate surface area is 89.8 Å². The van der Waals surface area contributed by atoms with Crippen molar-refractivity contribution in [2.24, 2.45) is 0 Å². The smallest absolute Gasteiger partial charge is 0.270 e. The lowest BCUT2D eigenvalue weighted by Gasteiger charge is -1.98. The summed E-state index contributed by atoms with van der Waals surface area (Å²) in [5.74, 6) is 0. The molecule has 0 aliphatic rings. The molecule has 1 aromatic carbocycles. The molecule has 1 aromatic heterocycles. The lowest BCUT2D eigenvalue weighted by Crippen LogP contribution is -1.88. The highest BCUT2D eigenvalue weighted by Gasteiger charge is 2.10. The van der Waals surface area contributed by atoms with E-state index in [9.17, 15) is 10.1 Å². The van der Waals surface area contributed by atoms with Gasteiger partial charge in [-0.1, -0.05) is 23.7 Å². The summed E-state index contributed by atoms with van der Waals surface area (Å²) in [6.07, 6.45) is 1.45. The van der Waals surface area contributed by atoms with Crippen molar-refractivity contribution in [3.05, 3.63) is 45.6 Å². The van der Waals surface area contributed by atoms with Gasteiger partial charge in [-0.15, -0.1) is 0 Å². The molecule has 0 spiro atoms. The van der Waals surface area contributed by atoms with Crippen LogP contribution in [0.25, 0.3) is 11.3 Å². The molecule has 2 aromatic rings. The van der Waals surface area contributed by atoms with Gasteiger partial charge in [-0.2, -0.15) is 5.10 Å². The van der Waals surface area contributed by atoms with Gasteiger partial charge in [0.15, 0.2) is 0 Å². The van der Waals surface area contributed by atoms with Crippen LogP contribution in [0.1, 0.15) is 0 Å². The van der Waals surface area contributed by atoms with Gasteiger partial charge in [-0.05, 0) is 0 Å². The van der Waals surface area contributed by atoms with Crippen molar-refractivity contribution in [2.75, 3.05) is 0 Å². The fraction of sp³-hybridized carbons (Fsp3) is 0. The number of rotatable bonds is 2. The van der Waals surface area contributed by atoms with Gasteiger partial charge < -0.3 is 0 Å². The summed E-state index contributed by atoms with van der Waals surface area (Å²) in [5.41, 5.74) is 1.25. The van der Waals surface area contributed by atoms with Crippen molar-refractivity contribution in [1.82, 2.24) is 10.2 Å². The maximum atomic E-state index is 10.6. The molecule has 1 heterocycles. The first-order chi connectivity index (χ1) is 7.18. The predicted octanol–water partition coefficient (Wildman–Crippen LogP) is 2.64. The van der Waals surface area contributed by atoms with Crippen LogP contribution in [0.2, 0.25) is 5.02 Å². The molecule has 0 fully saturated rings. The third-order valence-corrected chi connectivity index (χ3v) is 2.23. The number of nitrogens with one attached hydrogen (secondary N) is 1. The van der Waals surface area contributed by atoms with Crippen molar-refractivity contribution >= 4 is 17.3 Å². The Balaban J connectivity index is 2.50. The standard InChI is InChI=1S/C9H6ClN3O2/c10-8-5-11-12-9(8)6-2-1-3-7(4-6)13(14)15/h1-5H,(H,11,12). The first kappa shape index (κ1) is 9.67. The molecule has 15 heavy (non-hydrogen) atoms. The minimum absolute atomic E-state index is 0.0261. The van der Waals surface area contributed by atoms with Gasteiger partial charge in [0.05, 0.1) is 21.8 Å². The normalized spacial score (nSPS) is 10.2. The Bertz CT molecular complexity index is 510. The van der Waals surface area contributed by atoms with Crippen LogP contribution >= 0.6 is 11.6 Å². The molecular weight excluding hydrogens is 218 g/mol. The second-order valence-electron chi connectivity index (χ2n) is 2.90. The molecule has 6 heteroatoms. The van der Waals surface area contributed by atoms with E-state index in [2.05, 4.69) is 10.2 Å². The number of nitro groups is 1. The molecule has 0 unspecified atom stereocenters. The second kappa shape index (κ2) is 3.70. The zero-order chi connectivity index (χ0) is 10.8. The Morgan fingerprint density at radius 1 is 1.47 bits per heavy atom. The van der Waals surface area contributed by atoms with Crippen molar-refractivity contribution in [1.29, 1.82) is 0 Å². The molecule has 76 valence electrons. The minimum Gasteiger partial charge on any atom is -0.276 e. The molecule has 0 saturated carbocycles. The molecule has 0 aliphatic carbocycles. The fourth-order valence-electron chi connectivity index (χ4n) is 1.25. The van der Waals surface area contributed by atoms with Crippen LogP contribution in [0.4, 0.5) is 5.69 Å². The first-order valence-electron chi connectivity index (χ1n) is 4.12. The van der Waals surface area contributed by atoms with E-state index in [1.54, 1.807) is 12.1 Å². The van der Waals surface area contributed by atoms with E-state index in [1.807, 2.05) is 0 Å². The second-order valence-corrected chi connectivity index (χ2v) is 3.31. The van der Waals surface area contributed by atoms with Gasteiger partial charge in [0.25, 0.3) is 5.69 Å². The number of hydrogen-bond donors (Lipinski definition) is 1. The van der Waals surface area contributed by atoms with Crippen molar-refractivity contribution in [3.63, 3.8) is 0 Å². The maximum absolute atomic E-state index is 10.6. The van der Waals surface area contributed by atoms with Crippen LogP contribution in [0.15, 0.2) is 30.5 Å². The van der Waals surface area contributed by atoms with Crippen LogP contribution < -0.4 is 0 Å². The topological polar surface area (TPSA) is 71.8 Å². The highest BCUT2D eigenvalue weighted by atomic mass is 35.5. The zero-order valence-corrected chi connectivity index (χ0v) is 8.23. The van der Waals surface area contributed by atoms with E-state index >= 15 is 0 Å². The number of aromatic nitrogens is 2. The molecule has 1 N–H and O–H groups in total. The van der Waals surface area contributed by atoms with E-state index < -0.39 is 4.92 Å². The van der Waals surface area contributed by atoms with Crippen LogP contribution in [0.5, 0.6) is 0 Å². The van der Waals surface area contributed by atoms with Crippen LogP contribution in [-0.4, -0.2) is 15.1 Å². The van der Waals surface area contributed by atoms with E-state index in [1.165, 1.54) is 18.3 Å². The number of aromatic amines is 1. The molecule has 0 amide bonds.